The molecule has 24 heavy (non-hydrogen) atoms. The third-order valence-corrected chi connectivity index (χ3v) is 4.83. The summed E-state index contributed by atoms with van der Waals surface area (Å²) in [5.41, 5.74) is -0.309. The number of carbonyl (C=O) groups is 1. The predicted octanol–water partition coefficient (Wildman–Crippen LogP) is 1.77. The molecule has 1 aromatic carbocycles. The van der Waals surface area contributed by atoms with Gasteiger partial charge in [-0.05, 0) is 43.7 Å². The first-order valence-corrected chi connectivity index (χ1v) is 8.56. The zero-order valence-electron chi connectivity index (χ0n) is 13.9. The van der Waals surface area contributed by atoms with Gasteiger partial charge in [-0.15, -0.1) is 0 Å². The van der Waals surface area contributed by atoms with Crippen LogP contribution in [0.4, 0.5) is 0 Å². The lowest BCUT2D eigenvalue weighted by atomic mass is 9.87. The number of aromatic nitrogens is 2. The summed E-state index contributed by atoms with van der Waals surface area (Å²) in [6.07, 6.45) is 4.41. The number of aromatic amines is 1. The number of nitrogens with zero attached hydrogens (tertiary/aromatic N) is 1. The number of carbonyl (C=O) groups excluding carboxylic acids is 1. The SMILES string of the molecule is CC1CCC(NC(=O)CCn2c(=O)[nH]c3ccccc3c2=O)CC1. The molecular weight excluding hydrogens is 306 g/mol. The minimum absolute atomic E-state index is 0.0912. The normalized spacial score (nSPS) is 20.9. The van der Waals surface area contributed by atoms with E-state index in [-0.39, 0.29) is 30.5 Å². The molecule has 1 heterocycles. The lowest BCUT2D eigenvalue weighted by molar-refractivity contribution is -0.122. The fourth-order valence-electron chi connectivity index (χ4n) is 3.32. The number of hydrogen-bond donors (Lipinski definition) is 2. The maximum Gasteiger partial charge on any atom is 0.328 e. The van der Waals surface area contributed by atoms with Gasteiger partial charge in [0.15, 0.2) is 0 Å². The molecule has 0 aliphatic heterocycles. The van der Waals surface area contributed by atoms with Gasteiger partial charge < -0.3 is 10.3 Å². The van der Waals surface area contributed by atoms with Crippen LogP contribution in [0.25, 0.3) is 10.9 Å². The minimum atomic E-state index is -0.474. The fraction of sp³-hybridized carbons (Fsp3) is 0.500. The molecule has 0 saturated heterocycles. The summed E-state index contributed by atoms with van der Waals surface area (Å²) in [7, 11) is 0. The standard InChI is InChI=1S/C18H23N3O3/c1-12-6-8-13(9-7-12)19-16(22)10-11-21-17(23)14-4-2-3-5-15(14)20-18(21)24/h2-5,12-13H,6-11H2,1H3,(H,19,22)(H,20,24). The van der Waals surface area contributed by atoms with Crippen molar-refractivity contribution in [2.75, 3.05) is 0 Å². The van der Waals surface area contributed by atoms with Gasteiger partial charge >= 0.3 is 5.69 Å². The number of H-pyrrole nitrogens is 1. The Balaban J connectivity index is 1.66. The molecule has 0 unspecified atom stereocenters. The molecule has 1 aromatic heterocycles. The van der Waals surface area contributed by atoms with Crippen molar-refractivity contribution in [1.29, 1.82) is 0 Å². The Kier molecular flexibility index (Phi) is 4.83. The van der Waals surface area contributed by atoms with Gasteiger partial charge in [0.1, 0.15) is 0 Å². The van der Waals surface area contributed by atoms with Crippen LogP contribution >= 0.6 is 0 Å². The van der Waals surface area contributed by atoms with Crippen molar-refractivity contribution in [2.24, 2.45) is 5.92 Å². The predicted molar refractivity (Wildman–Crippen MR) is 93.0 cm³/mol. The van der Waals surface area contributed by atoms with Crippen molar-refractivity contribution in [3.63, 3.8) is 0 Å². The van der Waals surface area contributed by atoms with Crippen LogP contribution in [-0.2, 0) is 11.3 Å². The lowest BCUT2D eigenvalue weighted by Gasteiger charge is -2.26. The third-order valence-electron chi connectivity index (χ3n) is 4.83. The van der Waals surface area contributed by atoms with E-state index in [1.165, 1.54) is 0 Å². The molecule has 0 radical (unpaired) electrons. The van der Waals surface area contributed by atoms with E-state index in [1.807, 2.05) is 0 Å². The van der Waals surface area contributed by atoms with Gasteiger partial charge in [-0.25, -0.2) is 4.79 Å². The number of para-hydroxylation sites is 1. The summed E-state index contributed by atoms with van der Waals surface area (Å²) in [4.78, 5) is 39.3. The number of fused-ring (bicyclic) bond motifs is 1. The molecule has 0 spiro atoms. The third kappa shape index (κ3) is 3.58. The summed E-state index contributed by atoms with van der Waals surface area (Å²) in [6, 6.07) is 7.11. The monoisotopic (exact) mass is 329 g/mol. The van der Waals surface area contributed by atoms with E-state index in [1.54, 1.807) is 24.3 Å². The van der Waals surface area contributed by atoms with E-state index in [9.17, 15) is 14.4 Å². The van der Waals surface area contributed by atoms with E-state index < -0.39 is 5.69 Å². The average molecular weight is 329 g/mol. The summed E-state index contributed by atoms with van der Waals surface area (Å²) in [6.45, 7) is 2.32. The van der Waals surface area contributed by atoms with Crippen molar-refractivity contribution >= 4 is 16.8 Å². The molecule has 1 saturated carbocycles. The van der Waals surface area contributed by atoms with Crippen molar-refractivity contribution < 1.29 is 4.79 Å². The van der Waals surface area contributed by atoms with Crippen LogP contribution in [0.1, 0.15) is 39.0 Å². The molecule has 1 amide bonds. The summed E-state index contributed by atoms with van der Waals surface area (Å²) < 4.78 is 1.10. The first kappa shape index (κ1) is 16.5. The first-order valence-electron chi connectivity index (χ1n) is 8.56. The highest BCUT2D eigenvalue weighted by Crippen LogP contribution is 2.23. The second-order valence-corrected chi connectivity index (χ2v) is 6.71. The lowest BCUT2D eigenvalue weighted by Crippen LogP contribution is -2.40. The Labute approximate surface area is 139 Å². The first-order chi connectivity index (χ1) is 11.5. The average Bonchev–Trinajstić information content (AvgIpc) is 2.57. The van der Waals surface area contributed by atoms with Gasteiger partial charge in [0.25, 0.3) is 5.56 Å². The fourth-order valence-corrected chi connectivity index (χ4v) is 3.32. The smallest absolute Gasteiger partial charge is 0.328 e. The van der Waals surface area contributed by atoms with Gasteiger partial charge in [-0.1, -0.05) is 19.1 Å². The van der Waals surface area contributed by atoms with Gasteiger partial charge in [-0.2, -0.15) is 0 Å². The maximum atomic E-state index is 12.4. The molecular formula is C18H23N3O3. The summed E-state index contributed by atoms with van der Waals surface area (Å²) in [5.74, 6) is 0.627. The molecule has 0 bridgehead atoms. The van der Waals surface area contributed by atoms with Crippen molar-refractivity contribution in [3.05, 3.63) is 45.1 Å². The second kappa shape index (κ2) is 7.03. The Morgan fingerprint density at radius 2 is 1.92 bits per heavy atom. The Bertz CT molecular complexity index is 844. The maximum absolute atomic E-state index is 12.4. The largest absolute Gasteiger partial charge is 0.353 e. The topological polar surface area (TPSA) is 84.0 Å². The number of benzene rings is 1. The van der Waals surface area contributed by atoms with Gasteiger partial charge in [0.05, 0.1) is 10.9 Å². The van der Waals surface area contributed by atoms with Crippen LogP contribution in [0.5, 0.6) is 0 Å². The molecule has 2 aromatic rings. The Hall–Kier alpha value is -2.37. The molecule has 128 valence electrons. The highest BCUT2D eigenvalue weighted by molar-refractivity contribution is 5.77. The van der Waals surface area contributed by atoms with Gasteiger partial charge in [0.2, 0.25) is 5.91 Å². The van der Waals surface area contributed by atoms with Crippen LogP contribution in [-0.4, -0.2) is 21.5 Å². The van der Waals surface area contributed by atoms with E-state index in [0.717, 1.165) is 36.2 Å². The number of hydrogen-bond acceptors (Lipinski definition) is 3. The molecule has 0 atom stereocenters. The molecule has 6 heteroatoms. The van der Waals surface area contributed by atoms with Crippen LogP contribution in [0.2, 0.25) is 0 Å². The quantitative estimate of drug-likeness (QED) is 0.897. The van der Waals surface area contributed by atoms with Crippen LogP contribution in [0.3, 0.4) is 0 Å². The molecule has 1 aliphatic rings. The summed E-state index contributed by atoms with van der Waals surface area (Å²) in [5, 5.41) is 3.48. The van der Waals surface area contributed by atoms with Crippen molar-refractivity contribution in [2.45, 2.75) is 51.6 Å². The van der Waals surface area contributed by atoms with E-state index in [0.29, 0.717) is 10.9 Å². The van der Waals surface area contributed by atoms with Crippen LogP contribution < -0.4 is 16.6 Å². The zero-order chi connectivity index (χ0) is 17.1. The van der Waals surface area contributed by atoms with E-state index >= 15 is 0 Å². The Morgan fingerprint density at radius 1 is 1.21 bits per heavy atom. The molecule has 6 nitrogen and oxygen atoms in total. The molecule has 2 N–H and O–H groups in total. The molecule has 1 fully saturated rings. The molecule has 3 rings (SSSR count). The summed E-state index contributed by atoms with van der Waals surface area (Å²) >= 11 is 0. The number of nitrogens with one attached hydrogen (secondary N) is 2. The van der Waals surface area contributed by atoms with Crippen LogP contribution in [0.15, 0.2) is 33.9 Å². The second-order valence-electron chi connectivity index (χ2n) is 6.71. The van der Waals surface area contributed by atoms with E-state index in [2.05, 4.69) is 17.2 Å². The Morgan fingerprint density at radius 3 is 2.67 bits per heavy atom. The number of amides is 1. The van der Waals surface area contributed by atoms with Crippen molar-refractivity contribution in [3.8, 4) is 0 Å². The van der Waals surface area contributed by atoms with Gasteiger partial charge in [0, 0.05) is 19.0 Å². The van der Waals surface area contributed by atoms with Gasteiger partial charge in [-0.3, -0.25) is 14.2 Å². The highest BCUT2D eigenvalue weighted by Gasteiger charge is 2.19. The highest BCUT2D eigenvalue weighted by atomic mass is 16.2. The van der Waals surface area contributed by atoms with E-state index in [4.69, 9.17) is 0 Å². The zero-order valence-corrected chi connectivity index (χ0v) is 13.9. The molecule has 1 aliphatic carbocycles. The number of rotatable bonds is 4. The minimum Gasteiger partial charge on any atom is -0.353 e. The van der Waals surface area contributed by atoms with Crippen molar-refractivity contribution in [1.82, 2.24) is 14.9 Å². The van der Waals surface area contributed by atoms with Crippen LogP contribution in [0, 0.1) is 5.92 Å².